The summed E-state index contributed by atoms with van der Waals surface area (Å²) in [6.45, 7) is 6.65. The van der Waals surface area contributed by atoms with Crippen molar-refractivity contribution in [3.8, 4) is 5.75 Å². The van der Waals surface area contributed by atoms with E-state index in [2.05, 4.69) is 38.8 Å². The van der Waals surface area contributed by atoms with Gasteiger partial charge in [-0.3, -0.25) is 4.90 Å². The molecule has 0 aromatic heterocycles. The summed E-state index contributed by atoms with van der Waals surface area (Å²) >= 11 is 0. The highest BCUT2D eigenvalue weighted by molar-refractivity contribution is 5.29. The molecule has 0 fully saturated rings. The molecule has 0 aliphatic carbocycles. The first-order valence-electron chi connectivity index (χ1n) is 6.07. The molecular formula is C14H23NO. The van der Waals surface area contributed by atoms with Crippen LogP contribution in [0.4, 0.5) is 0 Å². The standard InChI is InChI=1S/C14H23NO/c1-5-7-11(2)15(4)12(3)13-8-6-9-14(16)10-13/h6,8-12,16H,5,7H2,1-4H3. The number of hydrogen-bond donors (Lipinski definition) is 1. The van der Waals surface area contributed by atoms with Gasteiger partial charge in [-0.1, -0.05) is 25.5 Å². The average Bonchev–Trinajstić information content (AvgIpc) is 2.27. The fraction of sp³-hybridized carbons (Fsp3) is 0.571. The van der Waals surface area contributed by atoms with Crippen LogP contribution in [0.15, 0.2) is 24.3 Å². The first-order valence-corrected chi connectivity index (χ1v) is 6.07. The largest absolute Gasteiger partial charge is 0.508 e. The Kier molecular flexibility index (Phi) is 4.81. The van der Waals surface area contributed by atoms with Gasteiger partial charge in [0.2, 0.25) is 0 Å². The van der Waals surface area contributed by atoms with E-state index < -0.39 is 0 Å². The predicted molar refractivity (Wildman–Crippen MR) is 68.7 cm³/mol. The molecule has 90 valence electrons. The normalized spacial score (nSPS) is 15.1. The van der Waals surface area contributed by atoms with Gasteiger partial charge >= 0.3 is 0 Å². The van der Waals surface area contributed by atoms with Crippen LogP contribution in [-0.2, 0) is 0 Å². The van der Waals surface area contributed by atoms with E-state index in [1.165, 1.54) is 18.4 Å². The Balaban J connectivity index is 2.73. The van der Waals surface area contributed by atoms with Gasteiger partial charge in [0, 0.05) is 12.1 Å². The molecular weight excluding hydrogens is 198 g/mol. The number of phenolic OH excluding ortho intramolecular Hbond substituents is 1. The molecule has 0 saturated heterocycles. The van der Waals surface area contributed by atoms with Crippen molar-refractivity contribution >= 4 is 0 Å². The number of hydrogen-bond acceptors (Lipinski definition) is 2. The highest BCUT2D eigenvalue weighted by Gasteiger charge is 2.16. The molecule has 2 atom stereocenters. The molecule has 0 bridgehead atoms. The lowest BCUT2D eigenvalue weighted by Crippen LogP contribution is -2.31. The Morgan fingerprint density at radius 2 is 2.00 bits per heavy atom. The molecule has 1 aromatic carbocycles. The molecule has 0 radical (unpaired) electrons. The van der Waals surface area contributed by atoms with Gasteiger partial charge in [-0.15, -0.1) is 0 Å². The van der Waals surface area contributed by atoms with E-state index in [1.54, 1.807) is 6.07 Å². The third-order valence-corrected chi connectivity index (χ3v) is 3.37. The summed E-state index contributed by atoms with van der Waals surface area (Å²) < 4.78 is 0. The molecule has 16 heavy (non-hydrogen) atoms. The Bertz CT molecular complexity index is 324. The monoisotopic (exact) mass is 221 g/mol. The van der Waals surface area contributed by atoms with E-state index in [0.29, 0.717) is 17.8 Å². The van der Waals surface area contributed by atoms with Gasteiger partial charge in [0.1, 0.15) is 5.75 Å². The molecule has 1 N–H and O–H groups in total. The van der Waals surface area contributed by atoms with E-state index in [0.717, 1.165) is 0 Å². The smallest absolute Gasteiger partial charge is 0.115 e. The van der Waals surface area contributed by atoms with Gasteiger partial charge in [0.05, 0.1) is 0 Å². The Labute approximate surface area is 98.9 Å². The molecule has 1 aromatic rings. The maximum absolute atomic E-state index is 9.47. The lowest BCUT2D eigenvalue weighted by Gasteiger charge is -2.31. The first kappa shape index (κ1) is 13.0. The fourth-order valence-electron chi connectivity index (χ4n) is 2.02. The summed E-state index contributed by atoms with van der Waals surface area (Å²) in [5, 5.41) is 9.47. The quantitative estimate of drug-likeness (QED) is 0.821. The van der Waals surface area contributed by atoms with Crippen LogP contribution in [0.2, 0.25) is 0 Å². The van der Waals surface area contributed by atoms with Crippen molar-refractivity contribution in [1.29, 1.82) is 0 Å². The molecule has 2 unspecified atom stereocenters. The molecule has 0 saturated carbocycles. The minimum atomic E-state index is 0.341. The van der Waals surface area contributed by atoms with Crippen LogP contribution in [0.3, 0.4) is 0 Å². The van der Waals surface area contributed by atoms with Crippen LogP contribution >= 0.6 is 0 Å². The number of nitrogens with zero attached hydrogens (tertiary/aromatic N) is 1. The summed E-state index contributed by atoms with van der Waals surface area (Å²) in [4.78, 5) is 2.36. The van der Waals surface area contributed by atoms with Crippen LogP contribution < -0.4 is 0 Å². The molecule has 0 spiro atoms. The van der Waals surface area contributed by atoms with Crippen molar-refractivity contribution in [2.75, 3.05) is 7.05 Å². The maximum atomic E-state index is 9.47. The Morgan fingerprint density at radius 1 is 1.31 bits per heavy atom. The molecule has 0 aliphatic heterocycles. The lowest BCUT2D eigenvalue weighted by molar-refractivity contribution is 0.187. The third kappa shape index (κ3) is 3.24. The second-order valence-corrected chi connectivity index (χ2v) is 4.57. The highest BCUT2D eigenvalue weighted by Crippen LogP contribution is 2.24. The van der Waals surface area contributed by atoms with Crippen molar-refractivity contribution in [2.24, 2.45) is 0 Å². The van der Waals surface area contributed by atoms with Crippen LogP contribution in [0.5, 0.6) is 5.75 Å². The summed E-state index contributed by atoms with van der Waals surface area (Å²) in [5.41, 5.74) is 1.17. The summed E-state index contributed by atoms with van der Waals surface area (Å²) in [7, 11) is 2.15. The molecule has 1 rings (SSSR count). The molecule has 0 amide bonds. The van der Waals surface area contributed by atoms with Crippen LogP contribution in [0.25, 0.3) is 0 Å². The van der Waals surface area contributed by atoms with E-state index >= 15 is 0 Å². The Morgan fingerprint density at radius 3 is 2.56 bits per heavy atom. The topological polar surface area (TPSA) is 23.5 Å². The summed E-state index contributed by atoms with van der Waals surface area (Å²) in [6, 6.07) is 8.45. The number of benzene rings is 1. The van der Waals surface area contributed by atoms with E-state index in [4.69, 9.17) is 0 Å². The third-order valence-electron chi connectivity index (χ3n) is 3.37. The summed E-state index contributed by atoms with van der Waals surface area (Å²) in [6.07, 6.45) is 2.41. The Hall–Kier alpha value is -1.02. The minimum absolute atomic E-state index is 0.341. The van der Waals surface area contributed by atoms with Crippen LogP contribution in [0.1, 0.15) is 45.2 Å². The predicted octanol–water partition coefficient (Wildman–Crippen LogP) is 3.57. The van der Waals surface area contributed by atoms with E-state index in [1.807, 2.05) is 12.1 Å². The molecule has 0 aliphatic rings. The highest BCUT2D eigenvalue weighted by atomic mass is 16.3. The van der Waals surface area contributed by atoms with E-state index in [-0.39, 0.29) is 0 Å². The lowest BCUT2D eigenvalue weighted by atomic mass is 10.0. The first-order chi connectivity index (χ1) is 7.56. The van der Waals surface area contributed by atoms with Gasteiger partial charge in [0.15, 0.2) is 0 Å². The van der Waals surface area contributed by atoms with Gasteiger partial charge < -0.3 is 5.11 Å². The zero-order valence-corrected chi connectivity index (χ0v) is 10.8. The van der Waals surface area contributed by atoms with Crippen molar-refractivity contribution < 1.29 is 5.11 Å². The summed E-state index contributed by atoms with van der Waals surface area (Å²) in [5.74, 6) is 0.348. The van der Waals surface area contributed by atoms with Crippen molar-refractivity contribution in [3.63, 3.8) is 0 Å². The SMILES string of the molecule is CCCC(C)N(C)C(C)c1cccc(O)c1. The molecule has 2 nitrogen and oxygen atoms in total. The van der Waals surface area contributed by atoms with Crippen molar-refractivity contribution in [1.82, 2.24) is 4.90 Å². The van der Waals surface area contributed by atoms with Crippen LogP contribution in [0, 0.1) is 0 Å². The second-order valence-electron chi connectivity index (χ2n) is 4.57. The van der Waals surface area contributed by atoms with E-state index in [9.17, 15) is 5.11 Å². The maximum Gasteiger partial charge on any atom is 0.115 e. The molecule has 2 heteroatoms. The van der Waals surface area contributed by atoms with Gasteiger partial charge in [-0.25, -0.2) is 0 Å². The van der Waals surface area contributed by atoms with Gasteiger partial charge in [-0.05, 0) is 45.0 Å². The number of phenols is 1. The zero-order valence-electron chi connectivity index (χ0n) is 10.8. The van der Waals surface area contributed by atoms with Crippen LogP contribution in [-0.4, -0.2) is 23.1 Å². The average molecular weight is 221 g/mol. The zero-order chi connectivity index (χ0) is 12.1. The second kappa shape index (κ2) is 5.90. The number of aromatic hydroxyl groups is 1. The van der Waals surface area contributed by atoms with Gasteiger partial charge in [0.25, 0.3) is 0 Å². The van der Waals surface area contributed by atoms with Gasteiger partial charge in [-0.2, -0.15) is 0 Å². The van der Waals surface area contributed by atoms with Crippen molar-refractivity contribution in [3.05, 3.63) is 29.8 Å². The number of rotatable bonds is 5. The van der Waals surface area contributed by atoms with Crippen molar-refractivity contribution in [2.45, 2.75) is 45.7 Å². The minimum Gasteiger partial charge on any atom is -0.508 e. The molecule has 0 heterocycles. The fourth-order valence-corrected chi connectivity index (χ4v) is 2.02.